The number of ether oxygens (including phenoxy) is 3. The molecule has 0 saturated carbocycles. The maximum atomic E-state index is 5.68. The van der Waals surface area contributed by atoms with Gasteiger partial charge in [-0.15, -0.1) is 0 Å². The smallest absolute Gasteiger partial charge is 0.203 e. The Bertz CT molecular complexity index is 608. The van der Waals surface area contributed by atoms with Crippen molar-refractivity contribution in [2.24, 2.45) is 4.99 Å². The maximum absolute atomic E-state index is 5.68. The van der Waals surface area contributed by atoms with Crippen molar-refractivity contribution in [2.75, 3.05) is 47.0 Å². The molecule has 0 aliphatic heterocycles. The largest absolute Gasteiger partial charge is 0.493 e. The molecule has 2 N–H and O–H groups in total. The first-order valence-corrected chi connectivity index (χ1v) is 11.2. The summed E-state index contributed by atoms with van der Waals surface area (Å²) in [6.45, 7) is 15.9. The number of benzene rings is 1. The quantitative estimate of drug-likeness (QED) is 0.352. The lowest BCUT2D eigenvalue weighted by Crippen LogP contribution is -2.42. The third kappa shape index (κ3) is 8.69. The molecule has 1 unspecified atom stereocenters. The fourth-order valence-electron chi connectivity index (χ4n) is 3.27. The highest BCUT2D eigenvalue weighted by Crippen LogP contribution is 2.38. The van der Waals surface area contributed by atoms with Gasteiger partial charge in [-0.05, 0) is 70.9 Å². The standard InChI is InChI=1S/C23H42N4O3/c1-8-24-23(26-18(5)13-12-14-27(9-2)10-3)25-17-19-15-20(28-6)22(30-11-4)21(16-19)29-7/h15-16,18H,8-14,17H2,1-7H3,(H2,24,25,26). The minimum absolute atomic E-state index is 0.350. The Morgan fingerprint density at radius 2 is 1.70 bits per heavy atom. The van der Waals surface area contributed by atoms with Crippen LogP contribution in [0.1, 0.15) is 53.0 Å². The molecular weight excluding hydrogens is 380 g/mol. The molecule has 1 atom stereocenters. The number of nitrogens with one attached hydrogen (secondary N) is 2. The molecule has 1 aromatic rings. The molecule has 0 saturated heterocycles. The first-order valence-electron chi connectivity index (χ1n) is 11.2. The zero-order chi connectivity index (χ0) is 22.4. The molecule has 1 aromatic carbocycles. The van der Waals surface area contributed by atoms with Gasteiger partial charge in [0.15, 0.2) is 17.5 Å². The van der Waals surface area contributed by atoms with Crippen LogP contribution in [0.5, 0.6) is 17.2 Å². The minimum atomic E-state index is 0.350. The number of hydrogen-bond acceptors (Lipinski definition) is 5. The van der Waals surface area contributed by atoms with Crippen molar-refractivity contribution in [3.8, 4) is 17.2 Å². The van der Waals surface area contributed by atoms with Crippen LogP contribution in [0.15, 0.2) is 17.1 Å². The number of hydrogen-bond donors (Lipinski definition) is 2. The number of methoxy groups -OCH3 is 2. The average Bonchev–Trinajstić information content (AvgIpc) is 2.75. The van der Waals surface area contributed by atoms with Crippen molar-refractivity contribution >= 4 is 5.96 Å². The Labute approximate surface area is 183 Å². The summed E-state index contributed by atoms with van der Waals surface area (Å²) in [5, 5.41) is 6.86. The number of aliphatic imine (C=N–C) groups is 1. The van der Waals surface area contributed by atoms with E-state index < -0.39 is 0 Å². The molecule has 0 fully saturated rings. The molecule has 0 aliphatic rings. The summed E-state index contributed by atoms with van der Waals surface area (Å²) >= 11 is 0. The summed E-state index contributed by atoms with van der Waals surface area (Å²) < 4.78 is 16.7. The van der Waals surface area contributed by atoms with Gasteiger partial charge in [0.05, 0.1) is 27.4 Å². The highest BCUT2D eigenvalue weighted by molar-refractivity contribution is 5.80. The first kappa shape index (κ1) is 25.9. The van der Waals surface area contributed by atoms with E-state index >= 15 is 0 Å². The van der Waals surface area contributed by atoms with Crippen LogP contribution < -0.4 is 24.8 Å². The van der Waals surface area contributed by atoms with E-state index in [0.29, 0.717) is 36.4 Å². The Balaban J connectivity index is 2.79. The van der Waals surface area contributed by atoms with Gasteiger partial charge < -0.3 is 29.7 Å². The van der Waals surface area contributed by atoms with Gasteiger partial charge >= 0.3 is 0 Å². The van der Waals surface area contributed by atoms with Gasteiger partial charge in [-0.2, -0.15) is 0 Å². The fraction of sp³-hybridized carbons (Fsp3) is 0.696. The molecule has 7 heteroatoms. The predicted molar refractivity (Wildman–Crippen MR) is 125 cm³/mol. The van der Waals surface area contributed by atoms with Crippen LogP contribution in [0.25, 0.3) is 0 Å². The highest BCUT2D eigenvalue weighted by Gasteiger charge is 2.14. The van der Waals surface area contributed by atoms with Gasteiger partial charge in [-0.1, -0.05) is 13.8 Å². The second kappa shape index (κ2) is 14.8. The zero-order valence-corrected chi connectivity index (χ0v) is 20.0. The van der Waals surface area contributed by atoms with Crippen LogP contribution >= 0.6 is 0 Å². The summed E-state index contributed by atoms with van der Waals surface area (Å²) in [7, 11) is 3.27. The van der Waals surface area contributed by atoms with Gasteiger partial charge in [0, 0.05) is 12.6 Å². The van der Waals surface area contributed by atoms with Gasteiger partial charge in [0.25, 0.3) is 0 Å². The molecule has 30 heavy (non-hydrogen) atoms. The van der Waals surface area contributed by atoms with E-state index in [-0.39, 0.29) is 0 Å². The van der Waals surface area contributed by atoms with E-state index in [2.05, 4.69) is 43.2 Å². The fourth-order valence-corrected chi connectivity index (χ4v) is 3.27. The van der Waals surface area contributed by atoms with Gasteiger partial charge in [0.2, 0.25) is 5.75 Å². The normalized spacial score (nSPS) is 12.6. The van der Waals surface area contributed by atoms with Crippen molar-refractivity contribution in [1.29, 1.82) is 0 Å². The van der Waals surface area contributed by atoms with Crippen LogP contribution in [0.4, 0.5) is 0 Å². The van der Waals surface area contributed by atoms with Crippen LogP contribution in [0.3, 0.4) is 0 Å². The van der Waals surface area contributed by atoms with Gasteiger partial charge in [0.1, 0.15) is 0 Å². The summed E-state index contributed by atoms with van der Waals surface area (Å²) in [4.78, 5) is 7.21. The lowest BCUT2D eigenvalue weighted by molar-refractivity contribution is 0.288. The van der Waals surface area contributed by atoms with E-state index in [0.717, 1.165) is 44.1 Å². The molecule has 0 bridgehead atoms. The average molecular weight is 423 g/mol. The minimum Gasteiger partial charge on any atom is -0.493 e. The van der Waals surface area contributed by atoms with Crippen molar-refractivity contribution in [2.45, 2.75) is 60.0 Å². The molecule has 0 heterocycles. The third-order valence-electron chi connectivity index (χ3n) is 4.96. The van der Waals surface area contributed by atoms with E-state index in [4.69, 9.17) is 19.2 Å². The molecule has 1 rings (SSSR count). The van der Waals surface area contributed by atoms with Gasteiger partial charge in [-0.25, -0.2) is 4.99 Å². The van der Waals surface area contributed by atoms with E-state index in [1.165, 1.54) is 6.42 Å². The van der Waals surface area contributed by atoms with Crippen LogP contribution in [-0.4, -0.2) is 63.9 Å². The van der Waals surface area contributed by atoms with Crippen molar-refractivity contribution < 1.29 is 14.2 Å². The second-order valence-electron chi connectivity index (χ2n) is 7.17. The number of nitrogens with zero attached hydrogens (tertiary/aromatic N) is 2. The van der Waals surface area contributed by atoms with Crippen LogP contribution in [0, 0.1) is 0 Å². The molecule has 0 radical (unpaired) electrons. The monoisotopic (exact) mass is 422 g/mol. The highest BCUT2D eigenvalue weighted by atomic mass is 16.5. The van der Waals surface area contributed by atoms with Crippen LogP contribution in [-0.2, 0) is 6.54 Å². The molecule has 0 aromatic heterocycles. The predicted octanol–water partition coefficient (Wildman–Crippen LogP) is 3.67. The molecule has 0 amide bonds. The van der Waals surface area contributed by atoms with Crippen LogP contribution in [0.2, 0.25) is 0 Å². The maximum Gasteiger partial charge on any atom is 0.203 e. The Morgan fingerprint density at radius 1 is 1.07 bits per heavy atom. The Hall–Kier alpha value is -2.15. The lowest BCUT2D eigenvalue weighted by Gasteiger charge is -2.21. The topological polar surface area (TPSA) is 67.4 Å². The van der Waals surface area contributed by atoms with Crippen molar-refractivity contribution in [3.05, 3.63) is 17.7 Å². The SMILES string of the molecule is CCNC(=NCc1cc(OC)c(OCC)c(OC)c1)NC(C)CCCN(CC)CC. The summed E-state index contributed by atoms with van der Waals surface area (Å²) in [5.41, 5.74) is 0.999. The second-order valence-corrected chi connectivity index (χ2v) is 7.17. The summed E-state index contributed by atoms with van der Waals surface area (Å²) in [5.74, 6) is 2.76. The molecule has 7 nitrogen and oxygen atoms in total. The van der Waals surface area contributed by atoms with Crippen molar-refractivity contribution in [1.82, 2.24) is 15.5 Å². The third-order valence-corrected chi connectivity index (χ3v) is 4.96. The molecule has 0 spiro atoms. The molecule has 0 aliphatic carbocycles. The van der Waals surface area contributed by atoms with Gasteiger partial charge in [-0.3, -0.25) is 0 Å². The number of guanidine groups is 1. The summed E-state index contributed by atoms with van der Waals surface area (Å²) in [6.07, 6.45) is 2.27. The first-order chi connectivity index (χ1) is 14.5. The molecular formula is C23H42N4O3. The van der Waals surface area contributed by atoms with E-state index in [1.807, 2.05) is 19.1 Å². The lowest BCUT2D eigenvalue weighted by atomic mass is 10.1. The zero-order valence-electron chi connectivity index (χ0n) is 20.0. The summed E-state index contributed by atoms with van der Waals surface area (Å²) in [6, 6.07) is 4.25. The van der Waals surface area contributed by atoms with E-state index in [9.17, 15) is 0 Å². The van der Waals surface area contributed by atoms with E-state index in [1.54, 1.807) is 14.2 Å². The Morgan fingerprint density at radius 3 is 2.20 bits per heavy atom. The Kier molecular flexibility index (Phi) is 12.7. The van der Waals surface area contributed by atoms with Crippen molar-refractivity contribution in [3.63, 3.8) is 0 Å². The number of rotatable bonds is 14. The molecule has 172 valence electrons.